The summed E-state index contributed by atoms with van der Waals surface area (Å²) in [7, 11) is 0. The van der Waals surface area contributed by atoms with Crippen molar-refractivity contribution in [2.75, 3.05) is 5.32 Å². The predicted octanol–water partition coefficient (Wildman–Crippen LogP) is 6.99. The first kappa shape index (κ1) is 23.0. The SMILES string of the molecule is O=C(O)c1ccc2c(c1)[C@@H]1[C@H](Cl)[C@H](Sc3ccccc3[N+](=O)[O-])C[C@H]1[C@@H](c1ccccc1Cl)N2. The van der Waals surface area contributed by atoms with Gasteiger partial charge in [-0.3, -0.25) is 10.1 Å². The average molecular weight is 515 g/mol. The van der Waals surface area contributed by atoms with Crippen molar-refractivity contribution >= 4 is 52.3 Å². The van der Waals surface area contributed by atoms with Gasteiger partial charge in [0.2, 0.25) is 0 Å². The summed E-state index contributed by atoms with van der Waals surface area (Å²) in [6.45, 7) is 0. The highest BCUT2D eigenvalue weighted by Crippen LogP contribution is 2.58. The Morgan fingerprint density at radius 3 is 2.56 bits per heavy atom. The van der Waals surface area contributed by atoms with E-state index >= 15 is 0 Å². The number of carbonyl (C=O) groups is 1. The molecule has 0 unspecified atom stereocenters. The van der Waals surface area contributed by atoms with Crippen molar-refractivity contribution in [1.82, 2.24) is 0 Å². The number of nitrogens with zero attached hydrogens (tertiary/aromatic N) is 1. The molecule has 0 spiro atoms. The van der Waals surface area contributed by atoms with Crippen molar-refractivity contribution in [2.24, 2.45) is 5.92 Å². The number of thioether (sulfide) groups is 1. The Morgan fingerprint density at radius 1 is 1.09 bits per heavy atom. The van der Waals surface area contributed by atoms with E-state index in [1.807, 2.05) is 24.3 Å². The topological polar surface area (TPSA) is 92.5 Å². The van der Waals surface area contributed by atoms with Gasteiger partial charge in [0, 0.05) is 27.9 Å². The molecule has 0 bridgehead atoms. The number of alkyl halides is 1. The third-order valence-electron chi connectivity index (χ3n) is 6.64. The number of nitrogens with one attached hydrogen (secondary N) is 1. The van der Waals surface area contributed by atoms with E-state index in [-0.39, 0.29) is 44.7 Å². The van der Waals surface area contributed by atoms with Gasteiger partial charge in [-0.2, -0.15) is 0 Å². The van der Waals surface area contributed by atoms with Crippen molar-refractivity contribution in [3.8, 4) is 0 Å². The molecule has 1 saturated carbocycles. The van der Waals surface area contributed by atoms with E-state index < -0.39 is 5.97 Å². The van der Waals surface area contributed by atoms with Gasteiger partial charge in [-0.05, 0) is 53.8 Å². The number of carboxylic acid groups (broad SMARTS) is 1. The number of hydrogen-bond donors (Lipinski definition) is 2. The largest absolute Gasteiger partial charge is 0.478 e. The molecule has 1 aliphatic carbocycles. The zero-order chi connectivity index (χ0) is 24.0. The molecule has 3 aromatic rings. The summed E-state index contributed by atoms with van der Waals surface area (Å²) < 4.78 is 0. The smallest absolute Gasteiger partial charge is 0.335 e. The Balaban J connectivity index is 1.57. The van der Waals surface area contributed by atoms with Crippen molar-refractivity contribution in [2.45, 2.75) is 33.9 Å². The van der Waals surface area contributed by atoms with Gasteiger partial charge in [0.1, 0.15) is 0 Å². The van der Waals surface area contributed by atoms with E-state index in [1.165, 1.54) is 17.8 Å². The van der Waals surface area contributed by atoms with Crippen LogP contribution >= 0.6 is 35.0 Å². The first-order valence-electron chi connectivity index (χ1n) is 10.8. The normalized spacial score (nSPS) is 25.2. The molecule has 6 nitrogen and oxygen atoms in total. The van der Waals surface area contributed by atoms with Crippen LogP contribution in [-0.2, 0) is 0 Å². The molecule has 2 aliphatic rings. The number of carboxylic acids is 1. The number of fused-ring (bicyclic) bond motifs is 3. The van der Waals surface area contributed by atoms with E-state index in [2.05, 4.69) is 5.32 Å². The maximum Gasteiger partial charge on any atom is 0.335 e. The number of halogens is 2. The van der Waals surface area contributed by atoms with Gasteiger partial charge in [-0.25, -0.2) is 4.79 Å². The van der Waals surface area contributed by atoms with Gasteiger partial charge in [-0.1, -0.05) is 41.9 Å². The molecule has 1 aliphatic heterocycles. The maximum atomic E-state index is 11.7. The third-order valence-corrected chi connectivity index (χ3v) is 9.10. The first-order chi connectivity index (χ1) is 16.3. The van der Waals surface area contributed by atoms with Crippen LogP contribution in [0.15, 0.2) is 71.6 Å². The van der Waals surface area contributed by atoms with E-state index in [0.717, 1.165) is 16.8 Å². The van der Waals surface area contributed by atoms with Gasteiger partial charge < -0.3 is 10.4 Å². The summed E-state index contributed by atoms with van der Waals surface area (Å²) in [5, 5.41) is 24.8. The number of benzene rings is 3. The second kappa shape index (κ2) is 9.13. The molecule has 0 saturated heterocycles. The van der Waals surface area contributed by atoms with Gasteiger partial charge >= 0.3 is 5.97 Å². The second-order valence-corrected chi connectivity index (χ2v) is 10.7. The second-order valence-electron chi connectivity index (χ2n) is 8.50. The quantitative estimate of drug-likeness (QED) is 0.216. The summed E-state index contributed by atoms with van der Waals surface area (Å²) in [4.78, 5) is 23.4. The molecule has 1 heterocycles. The summed E-state index contributed by atoms with van der Waals surface area (Å²) in [5.41, 5.74) is 2.90. The number of para-hydroxylation sites is 1. The molecule has 0 radical (unpaired) electrons. The van der Waals surface area contributed by atoms with E-state index in [4.69, 9.17) is 23.2 Å². The van der Waals surface area contributed by atoms with E-state index in [9.17, 15) is 20.0 Å². The lowest BCUT2D eigenvalue weighted by molar-refractivity contribution is -0.387. The maximum absolute atomic E-state index is 11.7. The monoisotopic (exact) mass is 514 g/mol. The Morgan fingerprint density at radius 2 is 1.82 bits per heavy atom. The molecular weight excluding hydrogens is 495 g/mol. The Hall–Kier alpha value is -2.74. The summed E-state index contributed by atoms with van der Waals surface area (Å²) in [5.74, 6) is -1.11. The minimum atomic E-state index is -0.998. The van der Waals surface area contributed by atoms with Crippen LogP contribution in [0.3, 0.4) is 0 Å². The molecule has 174 valence electrons. The van der Waals surface area contributed by atoms with E-state index in [0.29, 0.717) is 16.3 Å². The van der Waals surface area contributed by atoms with Crippen LogP contribution in [0.25, 0.3) is 0 Å². The van der Waals surface area contributed by atoms with Crippen molar-refractivity contribution in [3.05, 3.63) is 98.6 Å². The number of anilines is 1. The van der Waals surface area contributed by atoms with Crippen molar-refractivity contribution < 1.29 is 14.8 Å². The van der Waals surface area contributed by atoms with Gasteiger partial charge in [0.05, 0.1) is 26.8 Å². The standard InChI is InChI=1S/C25H20Cl2N2O4S/c26-17-6-2-1-5-14(17)24-16-12-21(34-20-8-4-3-7-19(20)29(32)33)23(27)22(16)15-11-13(25(30)31)9-10-18(15)28-24/h1-11,16,21-24,28H,12H2,(H,30,31)/t16-,21-,22+,23-,24-/m1/s1. The number of aromatic carboxylic acids is 1. The molecule has 2 N–H and O–H groups in total. The highest BCUT2D eigenvalue weighted by Gasteiger charge is 2.50. The minimum absolute atomic E-state index is 0.0270. The first-order valence-corrected chi connectivity index (χ1v) is 12.5. The van der Waals surface area contributed by atoms with Crippen molar-refractivity contribution in [3.63, 3.8) is 0 Å². The van der Waals surface area contributed by atoms with Crippen LogP contribution in [0.2, 0.25) is 5.02 Å². The van der Waals surface area contributed by atoms with Gasteiger partial charge in [0.25, 0.3) is 5.69 Å². The molecule has 0 amide bonds. The van der Waals surface area contributed by atoms with E-state index in [1.54, 1.807) is 36.4 Å². The fraction of sp³-hybridized carbons (Fsp3) is 0.240. The molecule has 5 atom stereocenters. The Bertz CT molecular complexity index is 1290. The van der Waals surface area contributed by atoms with Crippen LogP contribution in [0, 0.1) is 16.0 Å². The molecule has 34 heavy (non-hydrogen) atoms. The lowest BCUT2D eigenvalue weighted by Gasteiger charge is -2.38. The fourth-order valence-corrected chi connectivity index (χ4v) is 7.35. The third kappa shape index (κ3) is 4.02. The molecule has 5 rings (SSSR count). The zero-order valence-electron chi connectivity index (χ0n) is 17.7. The number of nitro groups is 1. The molecule has 1 fully saturated rings. The minimum Gasteiger partial charge on any atom is -0.478 e. The number of hydrogen-bond acceptors (Lipinski definition) is 5. The lowest BCUT2D eigenvalue weighted by atomic mass is 9.77. The van der Waals surface area contributed by atoms with Crippen molar-refractivity contribution in [1.29, 1.82) is 0 Å². The predicted molar refractivity (Wildman–Crippen MR) is 134 cm³/mol. The summed E-state index contributed by atoms with van der Waals surface area (Å²) in [6, 6.07) is 19.3. The molecule has 0 aromatic heterocycles. The van der Waals surface area contributed by atoms with Crippen LogP contribution in [0.4, 0.5) is 11.4 Å². The van der Waals surface area contributed by atoms with Crippen LogP contribution in [0.5, 0.6) is 0 Å². The summed E-state index contributed by atoms with van der Waals surface area (Å²) >= 11 is 15.1. The van der Waals surface area contributed by atoms with Crippen LogP contribution in [-0.4, -0.2) is 26.6 Å². The molecular formula is C25H20Cl2N2O4S. The van der Waals surface area contributed by atoms with Crippen LogP contribution < -0.4 is 5.32 Å². The summed E-state index contributed by atoms with van der Waals surface area (Å²) in [6.07, 6.45) is 0.690. The van der Waals surface area contributed by atoms with Gasteiger partial charge in [-0.15, -0.1) is 23.4 Å². The zero-order valence-corrected chi connectivity index (χ0v) is 20.1. The molecule has 3 aromatic carbocycles. The highest BCUT2D eigenvalue weighted by molar-refractivity contribution is 8.00. The number of nitro benzene ring substituents is 1. The highest BCUT2D eigenvalue weighted by atomic mass is 35.5. The average Bonchev–Trinajstić information content (AvgIpc) is 3.15. The van der Waals surface area contributed by atoms with Gasteiger partial charge in [0.15, 0.2) is 0 Å². The lowest BCUT2D eigenvalue weighted by Crippen LogP contribution is -2.31. The molecule has 9 heteroatoms. The fourth-order valence-electron chi connectivity index (χ4n) is 5.15. The Kier molecular flexibility index (Phi) is 6.18. The number of rotatable bonds is 5. The Labute approximate surface area is 210 Å². The van der Waals surface area contributed by atoms with Crippen LogP contribution in [0.1, 0.15) is 39.9 Å².